The maximum Gasteiger partial charge on any atom is 0.181 e. The van der Waals surface area contributed by atoms with Crippen LogP contribution in [-0.2, 0) is 4.74 Å². The molecule has 0 amide bonds. The van der Waals surface area contributed by atoms with E-state index in [1.165, 1.54) is 12.1 Å². The molecule has 0 aliphatic carbocycles. The molecule has 1 aliphatic heterocycles. The molecule has 2 heterocycles. The molecule has 0 saturated carbocycles. The monoisotopic (exact) mass is 352 g/mol. The van der Waals surface area contributed by atoms with Gasteiger partial charge in [-0.15, -0.1) is 0 Å². The molecule has 5 heteroatoms. The summed E-state index contributed by atoms with van der Waals surface area (Å²) < 4.78 is 19.0. The molecule has 1 aromatic heterocycles. The maximum absolute atomic E-state index is 13.2. The van der Waals surface area contributed by atoms with Crippen molar-refractivity contribution in [3.05, 3.63) is 71.7 Å². The SMILES string of the molecule is CC(C(=O)c1c[nH]c2ccccc12)N1CCOC(c2ccc(F)cc2)C1. The fraction of sp³-hybridized carbons (Fsp3) is 0.286. The topological polar surface area (TPSA) is 45.3 Å². The minimum Gasteiger partial charge on any atom is -0.371 e. The molecule has 2 atom stereocenters. The summed E-state index contributed by atoms with van der Waals surface area (Å²) in [5.41, 5.74) is 2.62. The number of ether oxygens (including phenoxy) is 1. The number of benzene rings is 2. The second-order valence-electron chi connectivity index (χ2n) is 6.69. The first-order chi connectivity index (χ1) is 12.6. The van der Waals surface area contributed by atoms with Crippen molar-refractivity contribution in [3.8, 4) is 0 Å². The molecule has 2 unspecified atom stereocenters. The molecular formula is C21H21FN2O2. The first kappa shape index (κ1) is 16.9. The van der Waals surface area contributed by atoms with E-state index in [9.17, 15) is 9.18 Å². The van der Waals surface area contributed by atoms with Crippen LogP contribution in [0.3, 0.4) is 0 Å². The van der Waals surface area contributed by atoms with Crippen molar-refractivity contribution in [1.82, 2.24) is 9.88 Å². The third kappa shape index (κ3) is 3.16. The van der Waals surface area contributed by atoms with Crippen molar-refractivity contribution >= 4 is 16.7 Å². The van der Waals surface area contributed by atoms with Crippen LogP contribution in [0.5, 0.6) is 0 Å². The lowest BCUT2D eigenvalue weighted by Gasteiger charge is -2.36. The van der Waals surface area contributed by atoms with Crippen LogP contribution in [0.15, 0.2) is 54.7 Å². The van der Waals surface area contributed by atoms with Crippen LogP contribution in [0.1, 0.15) is 28.9 Å². The number of hydrogen-bond acceptors (Lipinski definition) is 3. The molecule has 4 rings (SSSR count). The van der Waals surface area contributed by atoms with Crippen molar-refractivity contribution in [2.75, 3.05) is 19.7 Å². The second-order valence-corrected chi connectivity index (χ2v) is 6.69. The van der Waals surface area contributed by atoms with E-state index in [0.29, 0.717) is 19.7 Å². The fourth-order valence-corrected chi connectivity index (χ4v) is 3.57. The van der Waals surface area contributed by atoms with Crippen LogP contribution in [-0.4, -0.2) is 41.4 Å². The highest BCUT2D eigenvalue weighted by Gasteiger charge is 2.30. The molecular weight excluding hydrogens is 331 g/mol. The van der Waals surface area contributed by atoms with Gasteiger partial charge in [0.2, 0.25) is 0 Å². The molecule has 26 heavy (non-hydrogen) atoms. The number of aromatic nitrogens is 1. The summed E-state index contributed by atoms with van der Waals surface area (Å²) in [5, 5.41) is 0.952. The minimum atomic E-state index is -0.260. The molecule has 1 N–H and O–H groups in total. The Bertz CT molecular complexity index is 919. The molecule has 1 aliphatic rings. The standard InChI is InChI=1S/C21H21FN2O2/c1-14(21(25)18-12-23-19-5-3-2-4-17(18)19)24-10-11-26-20(13-24)15-6-8-16(22)9-7-15/h2-9,12,14,20,23H,10-11,13H2,1H3. The third-order valence-corrected chi connectivity index (χ3v) is 5.12. The van der Waals surface area contributed by atoms with Crippen LogP contribution < -0.4 is 0 Å². The Balaban J connectivity index is 1.52. The van der Waals surface area contributed by atoms with Crippen LogP contribution in [0.25, 0.3) is 10.9 Å². The molecule has 0 radical (unpaired) electrons. The molecule has 3 aromatic rings. The summed E-state index contributed by atoms with van der Waals surface area (Å²) in [4.78, 5) is 18.4. The number of rotatable bonds is 4. The number of nitrogens with zero attached hydrogens (tertiary/aromatic N) is 1. The van der Waals surface area contributed by atoms with E-state index < -0.39 is 0 Å². The van der Waals surface area contributed by atoms with Crippen molar-refractivity contribution in [1.29, 1.82) is 0 Å². The van der Waals surface area contributed by atoms with E-state index in [1.54, 1.807) is 18.3 Å². The minimum absolute atomic E-state index is 0.0993. The van der Waals surface area contributed by atoms with Gasteiger partial charge in [0.1, 0.15) is 5.82 Å². The number of carbonyl (C=O) groups is 1. The lowest BCUT2D eigenvalue weighted by Crippen LogP contribution is -2.46. The van der Waals surface area contributed by atoms with Gasteiger partial charge >= 0.3 is 0 Å². The summed E-state index contributed by atoms with van der Waals surface area (Å²) >= 11 is 0. The maximum atomic E-state index is 13.2. The summed E-state index contributed by atoms with van der Waals surface area (Å²) in [7, 11) is 0. The van der Waals surface area contributed by atoms with E-state index in [4.69, 9.17) is 4.74 Å². The first-order valence-electron chi connectivity index (χ1n) is 8.85. The van der Waals surface area contributed by atoms with E-state index in [2.05, 4.69) is 9.88 Å². The van der Waals surface area contributed by atoms with Crippen LogP contribution >= 0.6 is 0 Å². The van der Waals surface area contributed by atoms with E-state index >= 15 is 0 Å². The number of halogens is 1. The van der Waals surface area contributed by atoms with E-state index in [0.717, 1.165) is 22.0 Å². The zero-order valence-corrected chi connectivity index (χ0v) is 14.6. The Hall–Kier alpha value is -2.50. The van der Waals surface area contributed by atoms with Crippen LogP contribution in [0.4, 0.5) is 4.39 Å². The molecule has 0 bridgehead atoms. The number of fused-ring (bicyclic) bond motifs is 1. The Morgan fingerprint density at radius 3 is 2.81 bits per heavy atom. The highest BCUT2D eigenvalue weighted by molar-refractivity contribution is 6.10. The summed E-state index contributed by atoms with van der Waals surface area (Å²) in [6.07, 6.45) is 1.64. The van der Waals surface area contributed by atoms with E-state index in [-0.39, 0.29) is 23.7 Å². The number of ketones is 1. The fourth-order valence-electron chi connectivity index (χ4n) is 3.57. The zero-order chi connectivity index (χ0) is 18.1. The number of para-hydroxylation sites is 1. The Labute approximate surface area is 151 Å². The van der Waals surface area contributed by atoms with Gasteiger partial charge in [0.15, 0.2) is 5.78 Å². The molecule has 1 saturated heterocycles. The number of carbonyl (C=O) groups excluding carboxylic acids is 1. The van der Waals surface area contributed by atoms with Gasteiger partial charge in [-0.05, 0) is 30.7 Å². The Morgan fingerprint density at radius 1 is 1.23 bits per heavy atom. The normalized spacial score (nSPS) is 19.5. The number of aromatic amines is 1. The van der Waals surface area contributed by atoms with Crippen molar-refractivity contribution in [2.24, 2.45) is 0 Å². The quantitative estimate of drug-likeness (QED) is 0.723. The molecule has 4 nitrogen and oxygen atoms in total. The highest BCUT2D eigenvalue weighted by Crippen LogP contribution is 2.26. The van der Waals surface area contributed by atoms with Crippen LogP contribution in [0, 0.1) is 5.82 Å². The molecule has 1 fully saturated rings. The second kappa shape index (κ2) is 7.02. The third-order valence-electron chi connectivity index (χ3n) is 5.12. The zero-order valence-electron chi connectivity index (χ0n) is 14.6. The Kier molecular flexibility index (Phi) is 4.57. The predicted molar refractivity (Wildman–Crippen MR) is 98.8 cm³/mol. The number of nitrogens with one attached hydrogen (secondary N) is 1. The van der Waals surface area contributed by atoms with Gasteiger partial charge in [-0.3, -0.25) is 9.69 Å². The Morgan fingerprint density at radius 2 is 2.00 bits per heavy atom. The van der Waals surface area contributed by atoms with Gasteiger partial charge in [-0.25, -0.2) is 4.39 Å². The van der Waals surface area contributed by atoms with Crippen LogP contribution in [0.2, 0.25) is 0 Å². The van der Waals surface area contributed by atoms with Gasteiger partial charge < -0.3 is 9.72 Å². The van der Waals surface area contributed by atoms with Crippen molar-refractivity contribution in [2.45, 2.75) is 19.1 Å². The summed E-state index contributed by atoms with van der Waals surface area (Å²) in [6.45, 7) is 3.80. The lowest BCUT2D eigenvalue weighted by atomic mass is 10.0. The average Bonchev–Trinajstić information content (AvgIpc) is 3.11. The molecule has 0 spiro atoms. The molecule has 2 aromatic carbocycles. The lowest BCUT2D eigenvalue weighted by molar-refractivity contribution is -0.0387. The van der Waals surface area contributed by atoms with Crippen molar-refractivity contribution in [3.63, 3.8) is 0 Å². The largest absolute Gasteiger partial charge is 0.371 e. The van der Waals surface area contributed by atoms with Gasteiger partial charge in [0, 0.05) is 35.8 Å². The number of H-pyrrole nitrogens is 1. The van der Waals surface area contributed by atoms with E-state index in [1.807, 2.05) is 31.2 Å². The van der Waals surface area contributed by atoms with Gasteiger partial charge in [0.05, 0.1) is 18.8 Å². The summed E-state index contributed by atoms with van der Waals surface area (Å²) in [6, 6.07) is 14.0. The van der Waals surface area contributed by atoms with Gasteiger partial charge in [-0.1, -0.05) is 30.3 Å². The van der Waals surface area contributed by atoms with Gasteiger partial charge in [-0.2, -0.15) is 0 Å². The number of morpholine rings is 1. The van der Waals surface area contributed by atoms with Crippen molar-refractivity contribution < 1.29 is 13.9 Å². The smallest absolute Gasteiger partial charge is 0.181 e. The number of Topliss-reactive ketones (excluding diaryl/α,β-unsaturated/α-hetero) is 1. The number of hydrogen-bond donors (Lipinski definition) is 1. The highest BCUT2D eigenvalue weighted by atomic mass is 19.1. The molecule has 134 valence electrons. The average molecular weight is 352 g/mol. The van der Waals surface area contributed by atoms with Gasteiger partial charge in [0.25, 0.3) is 0 Å². The first-order valence-corrected chi connectivity index (χ1v) is 8.85. The predicted octanol–water partition coefficient (Wildman–Crippen LogP) is 3.95. The summed E-state index contributed by atoms with van der Waals surface area (Å²) in [5.74, 6) is -0.161.